The van der Waals surface area contributed by atoms with Crippen LogP contribution in [-0.2, 0) is 22.5 Å². The highest BCUT2D eigenvalue weighted by Gasteiger charge is 2.16. The van der Waals surface area contributed by atoms with Crippen molar-refractivity contribution in [3.63, 3.8) is 0 Å². The lowest BCUT2D eigenvalue weighted by Gasteiger charge is -2.19. The minimum atomic E-state index is -0.549. The zero-order valence-electron chi connectivity index (χ0n) is 25.3. The Kier molecular flexibility index (Phi) is 8.16. The van der Waals surface area contributed by atoms with E-state index in [1.165, 1.54) is 6.33 Å². The molecule has 0 radical (unpaired) electrons. The molecule has 3 N–H and O–H groups in total. The third-order valence-electron chi connectivity index (χ3n) is 7.01. The van der Waals surface area contributed by atoms with Gasteiger partial charge in [0.05, 0.1) is 12.1 Å². The van der Waals surface area contributed by atoms with Crippen molar-refractivity contribution in [1.29, 1.82) is 0 Å². The molecule has 4 aromatic carbocycles. The number of benzene rings is 4. The third-order valence-corrected chi connectivity index (χ3v) is 7.01. The number of fused-ring (bicyclic) bond motifs is 3. The van der Waals surface area contributed by atoms with Gasteiger partial charge in [0.25, 0.3) is 0 Å². The van der Waals surface area contributed by atoms with E-state index in [9.17, 15) is 9.59 Å². The number of para-hydroxylation sites is 2. The molecule has 9 heteroatoms. The molecule has 6 aromatic rings. The second-order valence-electron chi connectivity index (χ2n) is 11.7. The van der Waals surface area contributed by atoms with Crippen LogP contribution in [0.25, 0.3) is 33.2 Å². The van der Waals surface area contributed by atoms with E-state index in [0.29, 0.717) is 18.1 Å². The summed E-state index contributed by atoms with van der Waals surface area (Å²) in [6, 6.07) is 30.9. The standard InChI is InChI=1S/C36H33N5O4/c1-36(2,3)45-35(43)37-21-24-13-11-23(12-14-24)19-33(42)41-26-17-15-25(16-18-26)40-32-20-30(38-22-39-32)29-9-6-8-28-27-7-4-5-10-31(27)44-34(28)29/h4-18,20,22H,19,21H2,1-3H3,(H,37,43)(H,41,42)(H,38,39,40). The van der Waals surface area contributed by atoms with Crippen LogP contribution in [0.4, 0.5) is 22.0 Å². The number of nitrogens with zero attached hydrogens (tertiary/aromatic N) is 2. The number of ether oxygens (including phenoxy) is 1. The molecule has 2 aromatic heterocycles. The van der Waals surface area contributed by atoms with Crippen LogP contribution in [-0.4, -0.2) is 27.6 Å². The average molecular weight is 600 g/mol. The van der Waals surface area contributed by atoms with Gasteiger partial charge in [0.2, 0.25) is 5.91 Å². The summed E-state index contributed by atoms with van der Waals surface area (Å²) in [7, 11) is 0. The highest BCUT2D eigenvalue weighted by atomic mass is 16.6. The van der Waals surface area contributed by atoms with Gasteiger partial charge in [-0.25, -0.2) is 14.8 Å². The molecule has 0 aliphatic carbocycles. The summed E-state index contributed by atoms with van der Waals surface area (Å²) in [5.74, 6) is 0.505. The molecular formula is C36H33N5O4. The fourth-order valence-electron chi connectivity index (χ4n) is 4.96. The van der Waals surface area contributed by atoms with Crippen LogP contribution in [0.15, 0.2) is 108 Å². The number of carbonyl (C=O) groups is 2. The third kappa shape index (κ3) is 7.27. The van der Waals surface area contributed by atoms with E-state index in [1.54, 1.807) is 0 Å². The van der Waals surface area contributed by atoms with E-state index in [4.69, 9.17) is 9.15 Å². The highest BCUT2D eigenvalue weighted by Crippen LogP contribution is 2.35. The van der Waals surface area contributed by atoms with Gasteiger partial charge in [0.15, 0.2) is 0 Å². The topological polar surface area (TPSA) is 118 Å². The van der Waals surface area contributed by atoms with Crippen molar-refractivity contribution in [1.82, 2.24) is 15.3 Å². The quantitative estimate of drug-likeness (QED) is 0.162. The second kappa shape index (κ2) is 12.5. The molecule has 2 amide bonds. The minimum Gasteiger partial charge on any atom is -0.455 e. The first-order valence-corrected chi connectivity index (χ1v) is 14.6. The van der Waals surface area contributed by atoms with Gasteiger partial charge < -0.3 is 25.1 Å². The van der Waals surface area contributed by atoms with Crippen molar-refractivity contribution in [3.8, 4) is 11.3 Å². The van der Waals surface area contributed by atoms with Crippen LogP contribution in [0.1, 0.15) is 31.9 Å². The maximum absolute atomic E-state index is 12.7. The average Bonchev–Trinajstić information content (AvgIpc) is 3.40. The molecule has 0 spiro atoms. The largest absolute Gasteiger partial charge is 0.455 e. The SMILES string of the molecule is CC(C)(C)OC(=O)NCc1ccc(CC(=O)Nc2ccc(Nc3cc(-c4cccc5c4oc4ccccc45)ncn3)cc2)cc1. The van der Waals surface area contributed by atoms with Gasteiger partial charge in [-0.1, -0.05) is 54.6 Å². The number of amides is 2. The van der Waals surface area contributed by atoms with Crippen LogP contribution >= 0.6 is 0 Å². The van der Waals surface area contributed by atoms with E-state index in [-0.39, 0.29) is 12.3 Å². The smallest absolute Gasteiger partial charge is 0.407 e. The Morgan fingerprint density at radius 1 is 0.800 bits per heavy atom. The van der Waals surface area contributed by atoms with Crippen molar-refractivity contribution >= 4 is 51.1 Å². The lowest BCUT2D eigenvalue weighted by molar-refractivity contribution is -0.115. The van der Waals surface area contributed by atoms with E-state index < -0.39 is 11.7 Å². The van der Waals surface area contributed by atoms with Gasteiger partial charge in [-0.2, -0.15) is 0 Å². The van der Waals surface area contributed by atoms with Gasteiger partial charge >= 0.3 is 6.09 Å². The minimum absolute atomic E-state index is 0.129. The number of aromatic nitrogens is 2. The number of nitrogens with one attached hydrogen (secondary N) is 3. The second-order valence-corrected chi connectivity index (χ2v) is 11.7. The first-order valence-electron chi connectivity index (χ1n) is 14.6. The van der Waals surface area contributed by atoms with Gasteiger partial charge in [-0.05, 0) is 68.3 Å². The lowest BCUT2D eigenvalue weighted by atomic mass is 10.1. The number of alkyl carbamates (subject to hydrolysis) is 1. The van der Waals surface area contributed by atoms with Crippen molar-refractivity contribution in [2.75, 3.05) is 10.6 Å². The zero-order chi connectivity index (χ0) is 31.4. The fourth-order valence-corrected chi connectivity index (χ4v) is 4.96. The molecule has 0 atom stereocenters. The summed E-state index contributed by atoms with van der Waals surface area (Å²) in [5, 5.41) is 11.1. The van der Waals surface area contributed by atoms with Crippen molar-refractivity contribution < 1.29 is 18.7 Å². The molecule has 0 saturated carbocycles. The van der Waals surface area contributed by atoms with Crippen LogP contribution in [0.5, 0.6) is 0 Å². The fraction of sp³-hybridized carbons (Fsp3) is 0.167. The first kappa shape index (κ1) is 29.4. The number of hydrogen-bond donors (Lipinski definition) is 3. The van der Waals surface area contributed by atoms with Crippen LogP contribution in [0.2, 0.25) is 0 Å². The van der Waals surface area contributed by atoms with Gasteiger partial charge in [0.1, 0.15) is 28.9 Å². The predicted molar refractivity (Wildman–Crippen MR) is 176 cm³/mol. The summed E-state index contributed by atoms with van der Waals surface area (Å²) in [5.41, 5.74) is 5.98. The summed E-state index contributed by atoms with van der Waals surface area (Å²) < 4.78 is 11.4. The maximum atomic E-state index is 12.7. The summed E-state index contributed by atoms with van der Waals surface area (Å²) in [6.45, 7) is 5.80. The molecule has 0 unspecified atom stereocenters. The predicted octanol–water partition coefficient (Wildman–Crippen LogP) is 7.99. The van der Waals surface area contributed by atoms with Crippen LogP contribution < -0.4 is 16.0 Å². The number of anilines is 3. The van der Waals surface area contributed by atoms with Gasteiger partial charge in [-0.3, -0.25) is 4.79 Å². The Morgan fingerprint density at radius 2 is 1.51 bits per heavy atom. The summed E-state index contributed by atoms with van der Waals surface area (Å²) in [6.07, 6.45) is 1.28. The van der Waals surface area contributed by atoms with Crippen LogP contribution in [0, 0.1) is 0 Å². The highest BCUT2D eigenvalue weighted by molar-refractivity contribution is 6.09. The van der Waals surface area contributed by atoms with E-state index in [0.717, 1.165) is 50.0 Å². The molecular weight excluding hydrogens is 566 g/mol. The Labute approximate surface area is 260 Å². The molecule has 0 aliphatic heterocycles. The first-order chi connectivity index (χ1) is 21.7. The van der Waals surface area contributed by atoms with Crippen LogP contribution in [0.3, 0.4) is 0 Å². The normalized spacial score (nSPS) is 11.4. The molecule has 45 heavy (non-hydrogen) atoms. The molecule has 0 fully saturated rings. The monoisotopic (exact) mass is 599 g/mol. The molecule has 0 aliphatic rings. The maximum Gasteiger partial charge on any atom is 0.407 e. The Bertz CT molecular complexity index is 1980. The van der Waals surface area contributed by atoms with E-state index in [2.05, 4.69) is 38.1 Å². The molecule has 9 nitrogen and oxygen atoms in total. The molecule has 2 heterocycles. The molecule has 0 bridgehead atoms. The van der Waals surface area contributed by atoms with Gasteiger partial charge in [-0.15, -0.1) is 0 Å². The van der Waals surface area contributed by atoms with Crippen molar-refractivity contribution in [2.24, 2.45) is 0 Å². The summed E-state index contributed by atoms with van der Waals surface area (Å²) in [4.78, 5) is 33.4. The van der Waals surface area contributed by atoms with Gasteiger partial charge in [0, 0.05) is 40.3 Å². The van der Waals surface area contributed by atoms with E-state index in [1.807, 2.05) is 106 Å². The number of carbonyl (C=O) groups excluding carboxylic acids is 2. The number of hydrogen-bond acceptors (Lipinski definition) is 7. The Hall–Kier alpha value is -5.70. The molecule has 6 rings (SSSR count). The number of furan rings is 1. The Balaban J connectivity index is 1.05. The Morgan fingerprint density at radius 3 is 2.29 bits per heavy atom. The summed E-state index contributed by atoms with van der Waals surface area (Å²) >= 11 is 0. The lowest BCUT2D eigenvalue weighted by Crippen LogP contribution is -2.32. The molecule has 226 valence electrons. The molecule has 0 saturated heterocycles. The number of rotatable bonds is 8. The zero-order valence-corrected chi connectivity index (χ0v) is 25.3. The van der Waals surface area contributed by atoms with E-state index >= 15 is 0 Å². The van der Waals surface area contributed by atoms with Crippen molar-refractivity contribution in [3.05, 3.63) is 115 Å². The van der Waals surface area contributed by atoms with Crippen molar-refractivity contribution in [2.45, 2.75) is 39.3 Å².